The summed E-state index contributed by atoms with van der Waals surface area (Å²) in [5.41, 5.74) is 6.24. The van der Waals surface area contributed by atoms with Crippen LogP contribution in [0.25, 0.3) is 0 Å². The van der Waals surface area contributed by atoms with Gasteiger partial charge in [0.25, 0.3) is 5.91 Å². The normalized spacial score (nSPS) is 14.1. The molecule has 0 bridgehead atoms. The van der Waals surface area contributed by atoms with Crippen LogP contribution in [0.2, 0.25) is 0 Å². The van der Waals surface area contributed by atoms with E-state index in [1.54, 1.807) is 18.3 Å². The summed E-state index contributed by atoms with van der Waals surface area (Å²) in [7, 11) is 0. The quantitative estimate of drug-likeness (QED) is 0.423. The van der Waals surface area contributed by atoms with Crippen LogP contribution >= 0.6 is 0 Å². The van der Waals surface area contributed by atoms with Gasteiger partial charge in [0.2, 0.25) is 11.6 Å². The third-order valence-corrected chi connectivity index (χ3v) is 5.12. The SMILES string of the molecule is O=C(NNc1ncnc(N2CCN(Cc3ccccc3)CC2)c1[N+](=O)[O-])c1cccnc1. The minimum absolute atomic E-state index is 0.0797. The van der Waals surface area contributed by atoms with Crippen LogP contribution in [0.15, 0.2) is 61.2 Å². The van der Waals surface area contributed by atoms with Crippen molar-refractivity contribution in [2.45, 2.75) is 6.54 Å². The minimum atomic E-state index is -0.537. The number of nitrogens with zero attached hydrogens (tertiary/aromatic N) is 6. The fraction of sp³-hybridized carbons (Fsp3) is 0.238. The first-order valence-corrected chi connectivity index (χ1v) is 10.1. The van der Waals surface area contributed by atoms with Gasteiger partial charge in [0.15, 0.2) is 0 Å². The largest absolute Gasteiger partial charge is 0.355 e. The third kappa shape index (κ3) is 4.95. The second-order valence-corrected chi connectivity index (χ2v) is 7.22. The fourth-order valence-electron chi connectivity index (χ4n) is 3.51. The Balaban J connectivity index is 1.44. The highest BCUT2D eigenvalue weighted by molar-refractivity contribution is 5.94. The van der Waals surface area contributed by atoms with Gasteiger partial charge in [0.05, 0.1) is 10.5 Å². The number of amides is 1. The lowest BCUT2D eigenvalue weighted by Gasteiger charge is -2.35. The third-order valence-electron chi connectivity index (χ3n) is 5.12. The first-order valence-electron chi connectivity index (χ1n) is 10.1. The maximum Gasteiger partial charge on any atom is 0.355 e. The number of nitrogens with one attached hydrogen (secondary N) is 2. The summed E-state index contributed by atoms with van der Waals surface area (Å²) in [5.74, 6) is -0.339. The highest BCUT2D eigenvalue weighted by Gasteiger charge is 2.29. The number of nitro groups is 1. The number of hydrogen-bond donors (Lipinski definition) is 2. The van der Waals surface area contributed by atoms with Crippen molar-refractivity contribution in [3.05, 3.63) is 82.4 Å². The number of anilines is 2. The lowest BCUT2D eigenvalue weighted by Crippen LogP contribution is -2.46. The molecule has 2 aromatic heterocycles. The van der Waals surface area contributed by atoms with Gasteiger partial charge >= 0.3 is 5.69 Å². The van der Waals surface area contributed by atoms with E-state index in [1.165, 1.54) is 18.1 Å². The molecule has 1 fully saturated rings. The predicted octanol–water partition coefficient (Wildman–Crippen LogP) is 1.86. The second kappa shape index (κ2) is 9.79. The van der Waals surface area contributed by atoms with E-state index >= 15 is 0 Å². The highest BCUT2D eigenvalue weighted by atomic mass is 16.6. The molecule has 0 aliphatic carbocycles. The molecule has 164 valence electrons. The number of benzene rings is 1. The van der Waals surface area contributed by atoms with Crippen molar-refractivity contribution in [1.29, 1.82) is 0 Å². The van der Waals surface area contributed by atoms with E-state index in [0.29, 0.717) is 18.7 Å². The lowest BCUT2D eigenvalue weighted by molar-refractivity contribution is -0.383. The zero-order valence-electron chi connectivity index (χ0n) is 17.2. The highest BCUT2D eigenvalue weighted by Crippen LogP contribution is 2.32. The molecular formula is C21H22N8O3. The summed E-state index contributed by atoms with van der Waals surface area (Å²) in [4.78, 5) is 39.7. The van der Waals surface area contributed by atoms with Crippen LogP contribution < -0.4 is 15.8 Å². The molecule has 1 aliphatic heterocycles. The van der Waals surface area contributed by atoms with Crippen LogP contribution in [0.4, 0.5) is 17.3 Å². The van der Waals surface area contributed by atoms with Crippen LogP contribution in [0, 0.1) is 10.1 Å². The molecule has 0 atom stereocenters. The smallest absolute Gasteiger partial charge is 0.348 e. The number of hydrazine groups is 1. The predicted molar refractivity (Wildman–Crippen MR) is 118 cm³/mol. The Labute approximate surface area is 184 Å². The van der Waals surface area contributed by atoms with Gasteiger partial charge in [-0.25, -0.2) is 9.97 Å². The van der Waals surface area contributed by atoms with Crippen LogP contribution in [-0.4, -0.2) is 56.9 Å². The van der Waals surface area contributed by atoms with Crippen LogP contribution in [0.5, 0.6) is 0 Å². The van der Waals surface area contributed by atoms with Crippen LogP contribution in [0.3, 0.4) is 0 Å². The molecule has 1 aliphatic rings. The Kier molecular flexibility index (Phi) is 6.46. The van der Waals surface area contributed by atoms with Crippen LogP contribution in [-0.2, 0) is 6.54 Å². The number of hydrogen-bond acceptors (Lipinski definition) is 9. The van der Waals surface area contributed by atoms with Gasteiger partial charge in [-0.1, -0.05) is 30.3 Å². The molecule has 1 aromatic carbocycles. The first-order chi connectivity index (χ1) is 15.6. The fourth-order valence-corrected chi connectivity index (χ4v) is 3.51. The Morgan fingerprint density at radius 2 is 1.84 bits per heavy atom. The molecule has 2 N–H and O–H groups in total. The molecule has 1 saturated heterocycles. The van der Waals surface area contributed by atoms with Crippen molar-refractivity contribution in [2.75, 3.05) is 36.5 Å². The van der Waals surface area contributed by atoms with Crippen molar-refractivity contribution in [2.24, 2.45) is 0 Å². The average Bonchev–Trinajstić information content (AvgIpc) is 2.84. The average molecular weight is 434 g/mol. The van der Waals surface area contributed by atoms with Gasteiger partial charge in [-0.15, -0.1) is 0 Å². The number of rotatable bonds is 7. The molecule has 0 unspecified atom stereocenters. The number of carbonyl (C=O) groups is 1. The number of piperazine rings is 1. The van der Waals surface area contributed by atoms with E-state index in [0.717, 1.165) is 19.6 Å². The van der Waals surface area contributed by atoms with E-state index < -0.39 is 10.8 Å². The van der Waals surface area contributed by atoms with Gasteiger partial charge in [0.1, 0.15) is 6.33 Å². The van der Waals surface area contributed by atoms with E-state index in [1.807, 2.05) is 23.1 Å². The zero-order chi connectivity index (χ0) is 22.3. The van der Waals surface area contributed by atoms with E-state index in [9.17, 15) is 14.9 Å². The van der Waals surface area contributed by atoms with Gasteiger partial charge in [0, 0.05) is 45.1 Å². The number of aromatic nitrogens is 3. The van der Waals surface area contributed by atoms with Gasteiger partial charge in [-0.3, -0.25) is 35.6 Å². The first kappa shape index (κ1) is 21.1. The zero-order valence-corrected chi connectivity index (χ0v) is 17.2. The Morgan fingerprint density at radius 1 is 1.06 bits per heavy atom. The summed E-state index contributed by atoms with van der Waals surface area (Å²) in [6, 6.07) is 13.4. The minimum Gasteiger partial charge on any atom is -0.348 e. The van der Waals surface area contributed by atoms with Crippen molar-refractivity contribution in [3.63, 3.8) is 0 Å². The van der Waals surface area contributed by atoms with Crippen LogP contribution in [0.1, 0.15) is 15.9 Å². The van der Waals surface area contributed by atoms with E-state index in [4.69, 9.17) is 0 Å². The molecule has 3 heterocycles. The molecular weight excluding hydrogens is 412 g/mol. The maximum atomic E-state index is 12.2. The summed E-state index contributed by atoms with van der Waals surface area (Å²) in [6.07, 6.45) is 4.19. The Hall–Kier alpha value is -4.12. The summed E-state index contributed by atoms with van der Waals surface area (Å²) in [5, 5.41) is 11.8. The van der Waals surface area contributed by atoms with Crippen molar-refractivity contribution < 1.29 is 9.72 Å². The molecule has 1 amide bonds. The van der Waals surface area contributed by atoms with Crippen molar-refractivity contribution in [3.8, 4) is 0 Å². The van der Waals surface area contributed by atoms with Crippen molar-refractivity contribution >= 4 is 23.2 Å². The monoisotopic (exact) mass is 434 g/mol. The summed E-state index contributed by atoms with van der Waals surface area (Å²) < 4.78 is 0. The van der Waals surface area contributed by atoms with E-state index in [2.05, 4.69) is 42.8 Å². The Bertz CT molecular complexity index is 1070. The molecule has 4 rings (SSSR count). The number of carbonyl (C=O) groups excluding carboxylic acids is 1. The standard InChI is InChI=1S/C21H22N8O3/c30-21(17-7-4-8-22-13-17)26-25-19-18(29(31)32)20(24-15-23-19)28-11-9-27(10-12-28)14-16-5-2-1-3-6-16/h1-8,13,15H,9-12,14H2,(H,26,30)(H,23,24,25). The lowest BCUT2D eigenvalue weighted by atomic mass is 10.2. The van der Waals surface area contributed by atoms with Gasteiger partial charge < -0.3 is 4.90 Å². The van der Waals surface area contributed by atoms with Crippen molar-refractivity contribution in [1.82, 2.24) is 25.3 Å². The topological polar surface area (TPSA) is 129 Å². The molecule has 32 heavy (non-hydrogen) atoms. The molecule has 3 aromatic rings. The van der Waals surface area contributed by atoms with E-state index in [-0.39, 0.29) is 17.3 Å². The molecule has 0 spiro atoms. The molecule has 11 heteroatoms. The molecule has 0 radical (unpaired) electrons. The molecule has 0 saturated carbocycles. The molecule has 11 nitrogen and oxygen atoms in total. The summed E-state index contributed by atoms with van der Waals surface area (Å²) >= 11 is 0. The second-order valence-electron chi connectivity index (χ2n) is 7.22. The van der Waals surface area contributed by atoms with Gasteiger partial charge in [-0.2, -0.15) is 0 Å². The Morgan fingerprint density at radius 3 is 2.53 bits per heavy atom. The van der Waals surface area contributed by atoms with Gasteiger partial charge in [-0.05, 0) is 17.7 Å². The maximum absolute atomic E-state index is 12.2. The summed E-state index contributed by atoms with van der Waals surface area (Å²) in [6.45, 7) is 3.50. The number of pyridine rings is 1.